The molecule has 220 valence electrons. The molecule has 0 bridgehead atoms. The second kappa shape index (κ2) is 14.7. The Morgan fingerprint density at radius 3 is 2.49 bits per heavy atom. The molecule has 11 heteroatoms. The summed E-state index contributed by atoms with van der Waals surface area (Å²) >= 11 is 6.54. The number of aromatic nitrogens is 1. The highest BCUT2D eigenvalue weighted by atomic mass is 35.5. The molecular formula is C30H37ClN4O6. The average molecular weight is 585 g/mol. The zero-order valence-electron chi connectivity index (χ0n) is 23.9. The van der Waals surface area contributed by atoms with Gasteiger partial charge in [0.05, 0.1) is 29.9 Å². The molecule has 41 heavy (non-hydrogen) atoms. The molecule has 1 atom stereocenters. The molecule has 2 heterocycles. The molecule has 2 aromatic carbocycles. The Hall–Kier alpha value is -3.89. The molecule has 1 aliphatic heterocycles. The molecule has 3 aromatic rings. The fourth-order valence-electron chi connectivity index (χ4n) is 4.49. The second-order valence-electron chi connectivity index (χ2n) is 9.60. The summed E-state index contributed by atoms with van der Waals surface area (Å²) in [4.78, 5) is 42.6. The van der Waals surface area contributed by atoms with E-state index in [1.165, 1.54) is 4.90 Å². The third-order valence-corrected chi connectivity index (χ3v) is 7.03. The third-order valence-electron chi connectivity index (χ3n) is 6.72. The van der Waals surface area contributed by atoms with Crippen molar-refractivity contribution >= 4 is 40.5 Å². The van der Waals surface area contributed by atoms with E-state index in [9.17, 15) is 19.5 Å². The van der Waals surface area contributed by atoms with Crippen molar-refractivity contribution in [3.8, 4) is 17.0 Å². The number of carbonyl (C=O) groups excluding carboxylic acids is 2. The maximum absolute atomic E-state index is 13.1. The first kappa shape index (κ1) is 31.6. The molecule has 10 nitrogen and oxygen atoms in total. The summed E-state index contributed by atoms with van der Waals surface area (Å²) in [5.41, 5.74) is 9.29. The molecule has 3 N–H and O–H groups in total. The number of pyridine rings is 1. The number of hydrogen-bond acceptors (Lipinski definition) is 7. The third kappa shape index (κ3) is 7.86. The minimum atomic E-state index is -0.969. The molecule has 1 saturated heterocycles. The lowest BCUT2D eigenvalue weighted by Gasteiger charge is -2.38. The zero-order chi connectivity index (χ0) is 30.1. The van der Waals surface area contributed by atoms with E-state index in [0.717, 1.165) is 22.9 Å². The summed E-state index contributed by atoms with van der Waals surface area (Å²) in [7, 11) is 1.60. The Balaban J connectivity index is 0.000000507. The average Bonchev–Trinajstić information content (AvgIpc) is 2.98. The van der Waals surface area contributed by atoms with Crippen LogP contribution in [0.3, 0.4) is 0 Å². The molecule has 1 aliphatic rings. The molecule has 0 unspecified atom stereocenters. The highest BCUT2D eigenvalue weighted by Gasteiger charge is 2.30. The minimum Gasteiger partial charge on any atom is -0.496 e. The lowest BCUT2D eigenvalue weighted by molar-refractivity contribution is -0.143. The fraction of sp³-hybridized carbons (Fsp3) is 0.400. The molecule has 0 spiro atoms. The highest BCUT2D eigenvalue weighted by Crippen LogP contribution is 2.31. The Bertz CT molecular complexity index is 1400. The summed E-state index contributed by atoms with van der Waals surface area (Å²) in [5, 5.41) is 10.5. The van der Waals surface area contributed by atoms with Gasteiger partial charge in [0.15, 0.2) is 0 Å². The van der Waals surface area contributed by atoms with Crippen LogP contribution in [-0.2, 0) is 16.1 Å². The van der Waals surface area contributed by atoms with Crippen LogP contribution in [0.1, 0.15) is 49.5 Å². The van der Waals surface area contributed by atoms with Crippen molar-refractivity contribution < 1.29 is 29.0 Å². The Kier molecular flexibility index (Phi) is 11.3. The summed E-state index contributed by atoms with van der Waals surface area (Å²) in [6.45, 7) is 7.41. The minimum absolute atomic E-state index is 0.105. The number of methoxy groups -OCH3 is 1. The van der Waals surface area contributed by atoms with Gasteiger partial charge in [0.2, 0.25) is 0 Å². The highest BCUT2D eigenvalue weighted by molar-refractivity contribution is 6.35. The van der Waals surface area contributed by atoms with Gasteiger partial charge in [-0.25, -0.2) is 9.78 Å². The number of ether oxygens (including phenoxy) is 2. The van der Waals surface area contributed by atoms with Crippen LogP contribution in [-0.4, -0.2) is 77.3 Å². The summed E-state index contributed by atoms with van der Waals surface area (Å²) < 4.78 is 10.0. The van der Waals surface area contributed by atoms with Crippen molar-refractivity contribution in [3.63, 3.8) is 0 Å². The van der Waals surface area contributed by atoms with Gasteiger partial charge in [-0.1, -0.05) is 31.5 Å². The molecule has 0 saturated carbocycles. The van der Waals surface area contributed by atoms with E-state index in [0.29, 0.717) is 60.2 Å². The van der Waals surface area contributed by atoms with Gasteiger partial charge >= 0.3 is 12.1 Å². The van der Waals surface area contributed by atoms with Crippen molar-refractivity contribution in [1.29, 1.82) is 0 Å². The van der Waals surface area contributed by atoms with Gasteiger partial charge in [-0.2, -0.15) is 0 Å². The van der Waals surface area contributed by atoms with Crippen LogP contribution >= 0.6 is 11.6 Å². The topological polar surface area (TPSA) is 135 Å². The quantitative estimate of drug-likeness (QED) is 0.362. The number of fused-ring (bicyclic) bond motifs is 1. The number of rotatable bonds is 7. The monoisotopic (exact) mass is 584 g/mol. The normalized spacial score (nSPS) is 14.7. The van der Waals surface area contributed by atoms with Crippen LogP contribution in [0.4, 0.5) is 4.79 Å². The number of esters is 1. The number of piperazine rings is 1. The maximum atomic E-state index is 13.1. The van der Waals surface area contributed by atoms with Gasteiger partial charge in [0.25, 0.3) is 5.91 Å². The number of nitrogens with two attached hydrogens (primary N) is 1. The molecule has 0 radical (unpaired) electrons. The van der Waals surface area contributed by atoms with Crippen LogP contribution in [0.25, 0.3) is 22.2 Å². The Labute approximate surface area is 245 Å². The van der Waals surface area contributed by atoms with E-state index in [-0.39, 0.29) is 24.5 Å². The van der Waals surface area contributed by atoms with Gasteiger partial charge in [0, 0.05) is 60.7 Å². The summed E-state index contributed by atoms with van der Waals surface area (Å²) in [5.74, 6) is 0.442. The van der Waals surface area contributed by atoms with E-state index in [2.05, 4.69) is 0 Å². The number of carboxylic acid groups (broad SMARTS) is 1. The number of benzene rings is 2. The lowest BCUT2D eigenvalue weighted by atomic mass is 10.0. The van der Waals surface area contributed by atoms with E-state index in [1.807, 2.05) is 25.1 Å². The fourth-order valence-corrected chi connectivity index (χ4v) is 4.75. The molecule has 4 rings (SSSR count). The smallest absolute Gasteiger partial charge is 0.407 e. The Morgan fingerprint density at radius 2 is 1.88 bits per heavy atom. The molecular weight excluding hydrogens is 548 g/mol. The predicted molar refractivity (Wildman–Crippen MR) is 158 cm³/mol. The largest absolute Gasteiger partial charge is 0.496 e. The van der Waals surface area contributed by atoms with Gasteiger partial charge in [-0.05, 0) is 49.7 Å². The van der Waals surface area contributed by atoms with Gasteiger partial charge < -0.3 is 30.1 Å². The van der Waals surface area contributed by atoms with E-state index in [4.69, 9.17) is 31.8 Å². The zero-order valence-corrected chi connectivity index (χ0v) is 24.6. The van der Waals surface area contributed by atoms with Crippen molar-refractivity contribution in [2.24, 2.45) is 5.73 Å². The number of amides is 2. The maximum Gasteiger partial charge on any atom is 0.407 e. The van der Waals surface area contributed by atoms with Crippen molar-refractivity contribution in [1.82, 2.24) is 14.8 Å². The molecule has 0 aliphatic carbocycles. The number of hydrogen-bond donors (Lipinski definition) is 2. The first-order chi connectivity index (χ1) is 19.6. The van der Waals surface area contributed by atoms with Gasteiger partial charge in [-0.15, -0.1) is 0 Å². The van der Waals surface area contributed by atoms with Crippen LogP contribution in [0, 0.1) is 0 Å². The molecule has 1 fully saturated rings. The Morgan fingerprint density at radius 1 is 1.12 bits per heavy atom. The van der Waals surface area contributed by atoms with Crippen LogP contribution in [0.15, 0.2) is 42.5 Å². The number of nitrogens with zero attached hydrogens (tertiary/aromatic N) is 3. The van der Waals surface area contributed by atoms with Gasteiger partial charge in [0.1, 0.15) is 5.75 Å². The first-order valence-corrected chi connectivity index (χ1v) is 13.9. The van der Waals surface area contributed by atoms with E-state index < -0.39 is 6.09 Å². The standard InChI is InChI=1S/C24H25ClN4O4.C6H12O2/c1-14-13-28(7-8-29(14)24(31)32)23(30)16-3-5-18-19(25)11-20(27-21(18)10-16)15-4-6-22(33-2)17(9-15)12-26;1-3-5-8-6(7)4-2/h3-6,9-11,14H,7-8,12-13,26H2,1-2H3,(H,31,32);3-5H2,1-2H3/t14-;/m0./s1. The van der Waals surface area contributed by atoms with Gasteiger partial charge in [-0.3, -0.25) is 9.59 Å². The number of carbonyl (C=O) groups is 3. The number of halogens is 1. The summed E-state index contributed by atoms with van der Waals surface area (Å²) in [6, 6.07) is 12.4. The summed E-state index contributed by atoms with van der Waals surface area (Å²) in [6.07, 6.45) is 0.425. The predicted octanol–water partition coefficient (Wildman–Crippen LogP) is 5.20. The van der Waals surface area contributed by atoms with Crippen LogP contribution in [0.5, 0.6) is 5.75 Å². The van der Waals surface area contributed by atoms with Crippen molar-refractivity contribution in [3.05, 3.63) is 58.6 Å². The van der Waals surface area contributed by atoms with Crippen LogP contribution < -0.4 is 10.5 Å². The van der Waals surface area contributed by atoms with Crippen LogP contribution in [0.2, 0.25) is 5.02 Å². The SMILES string of the molecule is CCCOC(=O)CC.COc1ccc(-c2cc(Cl)c3ccc(C(=O)N4CCN(C(=O)O)[C@@H](C)C4)cc3n2)cc1CN. The van der Waals surface area contributed by atoms with Crippen molar-refractivity contribution in [2.75, 3.05) is 33.4 Å². The van der Waals surface area contributed by atoms with E-state index in [1.54, 1.807) is 50.1 Å². The molecule has 2 amide bonds. The molecule has 1 aromatic heterocycles. The van der Waals surface area contributed by atoms with E-state index >= 15 is 0 Å². The lowest BCUT2D eigenvalue weighted by Crippen LogP contribution is -2.55. The second-order valence-corrected chi connectivity index (χ2v) is 10.0. The van der Waals surface area contributed by atoms with Crippen molar-refractivity contribution in [2.45, 2.75) is 46.2 Å². The first-order valence-electron chi connectivity index (χ1n) is 13.6.